The van der Waals surface area contributed by atoms with Crippen LogP contribution < -0.4 is 9.80 Å². The first kappa shape index (κ1) is 38.4. The maximum absolute atomic E-state index is 2.44. The van der Waals surface area contributed by atoms with Crippen LogP contribution in [0.15, 0.2) is 243 Å². The van der Waals surface area contributed by atoms with E-state index >= 15 is 0 Å². The van der Waals surface area contributed by atoms with Gasteiger partial charge in [0.05, 0.1) is 0 Å². The summed E-state index contributed by atoms with van der Waals surface area (Å²) in [5.41, 5.74) is 11.5. The van der Waals surface area contributed by atoms with Gasteiger partial charge in [0.1, 0.15) is 0 Å². The second kappa shape index (κ2) is 15.9. The number of para-hydroxylation sites is 4. The van der Waals surface area contributed by atoms with Gasteiger partial charge in [-0.3, -0.25) is 0 Å². The summed E-state index contributed by atoms with van der Waals surface area (Å²) in [5, 5.41) is 10.2. The van der Waals surface area contributed by atoms with E-state index in [0.29, 0.717) is 0 Å². The largest absolute Gasteiger partial charge is 0.310 e. The molecule has 0 radical (unpaired) electrons. The number of hydrogen-bond acceptors (Lipinski definition) is 4. The molecule has 2 aromatic heterocycles. The van der Waals surface area contributed by atoms with Crippen molar-refractivity contribution in [3.63, 3.8) is 0 Å². The lowest BCUT2D eigenvalue weighted by atomic mass is 9.95. The minimum absolute atomic E-state index is 1.12. The predicted molar refractivity (Wildman–Crippen MR) is 287 cm³/mol. The van der Waals surface area contributed by atoms with Crippen LogP contribution in [-0.2, 0) is 0 Å². The van der Waals surface area contributed by atoms with Crippen LogP contribution in [0.3, 0.4) is 0 Å². The van der Waals surface area contributed by atoms with Gasteiger partial charge in [-0.25, -0.2) is 0 Å². The van der Waals surface area contributed by atoms with Crippen LogP contribution in [0.4, 0.5) is 34.1 Å². The molecule has 4 heteroatoms. The van der Waals surface area contributed by atoms with Gasteiger partial charge in [0.15, 0.2) is 0 Å². The molecule has 0 saturated heterocycles. The molecule has 0 bridgehead atoms. The lowest BCUT2D eigenvalue weighted by Crippen LogP contribution is -2.10. The smallest absolute Gasteiger partial charge is 0.0475 e. The summed E-state index contributed by atoms with van der Waals surface area (Å²) in [5.74, 6) is 0. The Morgan fingerprint density at radius 1 is 0.227 bits per heavy atom. The first-order valence-corrected chi connectivity index (χ1v) is 24.0. The fraction of sp³-hybridized carbons (Fsp3) is 0. The molecule has 13 rings (SSSR count). The van der Waals surface area contributed by atoms with Crippen molar-refractivity contribution in [1.29, 1.82) is 0 Å². The van der Waals surface area contributed by atoms with E-state index in [1.807, 2.05) is 22.7 Å². The summed E-state index contributed by atoms with van der Waals surface area (Å²) in [6.07, 6.45) is 0. The summed E-state index contributed by atoms with van der Waals surface area (Å²) in [6, 6.07) is 88.8. The Hall–Kier alpha value is -8.02. The highest BCUT2D eigenvalue weighted by molar-refractivity contribution is 7.27. The molecule has 0 aliphatic heterocycles. The SMILES string of the molecule is c1ccc(N(c2ccccc2)c2cc(-c3cccc(-c4cc(N(c5ccccc5)c5ccccc5)cc5c4sc4c6ccccc6ccc54)c3)c3sc4c5ccccc5ccc4c3c2)cc1. The van der Waals surface area contributed by atoms with Gasteiger partial charge in [-0.1, -0.05) is 164 Å². The van der Waals surface area contributed by atoms with Gasteiger partial charge in [-0.05, 0) is 112 Å². The minimum Gasteiger partial charge on any atom is -0.310 e. The second-order valence-corrected chi connectivity index (χ2v) is 18.9. The van der Waals surface area contributed by atoms with Gasteiger partial charge in [-0.15, -0.1) is 22.7 Å². The fourth-order valence-corrected chi connectivity index (χ4v) is 12.6. The number of thiophene rings is 2. The molecule has 0 atom stereocenters. The highest BCUT2D eigenvalue weighted by Gasteiger charge is 2.22. The van der Waals surface area contributed by atoms with Gasteiger partial charge >= 0.3 is 0 Å². The number of nitrogens with zero attached hydrogens (tertiary/aromatic N) is 2. The van der Waals surface area contributed by atoms with Gasteiger partial charge in [-0.2, -0.15) is 0 Å². The third-order valence-corrected chi connectivity index (χ3v) is 15.5. The van der Waals surface area contributed by atoms with Crippen LogP contribution in [0, 0.1) is 0 Å². The van der Waals surface area contributed by atoms with Crippen LogP contribution in [0.1, 0.15) is 0 Å². The molecule has 0 N–H and O–H groups in total. The molecule has 11 aromatic carbocycles. The average molecular weight is 877 g/mol. The fourth-order valence-electron chi connectivity index (χ4n) is 9.93. The number of fused-ring (bicyclic) bond motifs is 10. The zero-order valence-electron chi connectivity index (χ0n) is 35.8. The molecular weight excluding hydrogens is 837 g/mol. The summed E-state index contributed by atoms with van der Waals surface area (Å²) in [7, 11) is 0. The number of rotatable bonds is 8. The van der Waals surface area contributed by atoms with E-state index in [9.17, 15) is 0 Å². The van der Waals surface area contributed by atoms with Gasteiger partial charge in [0.25, 0.3) is 0 Å². The van der Waals surface area contributed by atoms with Crippen LogP contribution in [0.2, 0.25) is 0 Å². The summed E-state index contributed by atoms with van der Waals surface area (Å²) >= 11 is 3.82. The van der Waals surface area contributed by atoms with Crippen molar-refractivity contribution in [1.82, 2.24) is 0 Å². The first-order chi connectivity index (χ1) is 32.7. The summed E-state index contributed by atoms with van der Waals surface area (Å²) in [4.78, 5) is 4.79. The van der Waals surface area contributed by atoms with Crippen molar-refractivity contribution < 1.29 is 0 Å². The van der Waals surface area contributed by atoms with Gasteiger partial charge < -0.3 is 9.80 Å². The number of benzene rings is 11. The van der Waals surface area contributed by atoms with Crippen LogP contribution in [-0.4, -0.2) is 0 Å². The highest BCUT2D eigenvalue weighted by atomic mass is 32.1. The lowest BCUT2D eigenvalue weighted by Gasteiger charge is -2.26. The number of hydrogen-bond donors (Lipinski definition) is 0. The summed E-state index contributed by atoms with van der Waals surface area (Å²) < 4.78 is 5.21. The molecule has 13 aromatic rings. The van der Waals surface area contributed by atoms with E-state index in [0.717, 1.165) is 34.1 Å². The Balaban J connectivity index is 1.09. The highest BCUT2D eigenvalue weighted by Crippen LogP contribution is 2.50. The molecule has 0 amide bonds. The molecule has 0 aliphatic rings. The van der Waals surface area contributed by atoms with Crippen molar-refractivity contribution in [2.24, 2.45) is 0 Å². The molecule has 0 saturated carbocycles. The molecule has 2 heterocycles. The van der Waals surface area contributed by atoms with E-state index in [2.05, 4.69) is 252 Å². The van der Waals surface area contributed by atoms with Crippen molar-refractivity contribution in [2.75, 3.05) is 9.80 Å². The van der Waals surface area contributed by atoms with Crippen molar-refractivity contribution in [3.8, 4) is 22.3 Å². The molecule has 0 fully saturated rings. The standard InChI is InChI=1S/C62H40N2S2/c1-5-22-45(23-6-1)63(46-24-7-2-8-25-46)49-37-55(61-57(39-49)53-34-32-41-18-13-15-30-51(41)59(53)65-61)43-20-17-21-44(36-43)56-38-50(64(47-26-9-3-10-27-47)48-28-11-4-12-29-48)40-58-54-35-33-42-19-14-16-31-52(42)60(54)66-62(56)58/h1-40H. The Morgan fingerprint density at radius 2 is 0.591 bits per heavy atom. The molecular formula is C62H40N2S2. The molecule has 0 aliphatic carbocycles. The van der Waals surface area contributed by atoms with Crippen LogP contribution >= 0.6 is 22.7 Å². The normalized spacial score (nSPS) is 11.6. The van der Waals surface area contributed by atoms with Crippen molar-refractivity contribution in [2.45, 2.75) is 0 Å². The molecule has 2 nitrogen and oxygen atoms in total. The Morgan fingerprint density at radius 3 is 0.985 bits per heavy atom. The van der Waals surface area contributed by atoms with Crippen molar-refractivity contribution >= 4 is 119 Å². The van der Waals surface area contributed by atoms with E-state index in [1.54, 1.807) is 0 Å². The number of anilines is 6. The predicted octanol–water partition coefficient (Wildman–Crippen LogP) is 19.0. The van der Waals surface area contributed by atoms with E-state index in [1.165, 1.54) is 84.1 Å². The maximum Gasteiger partial charge on any atom is 0.0475 e. The monoisotopic (exact) mass is 876 g/mol. The minimum atomic E-state index is 1.12. The van der Waals surface area contributed by atoms with E-state index in [4.69, 9.17) is 0 Å². The third kappa shape index (κ3) is 6.45. The first-order valence-electron chi connectivity index (χ1n) is 22.4. The quantitative estimate of drug-likeness (QED) is 0.150. The van der Waals surface area contributed by atoms with E-state index in [-0.39, 0.29) is 0 Å². The maximum atomic E-state index is 2.44. The second-order valence-electron chi connectivity index (χ2n) is 16.9. The summed E-state index contributed by atoms with van der Waals surface area (Å²) in [6.45, 7) is 0. The Labute approximate surface area is 391 Å². The zero-order chi connectivity index (χ0) is 43.6. The zero-order valence-corrected chi connectivity index (χ0v) is 37.4. The van der Waals surface area contributed by atoms with Crippen molar-refractivity contribution in [3.05, 3.63) is 243 Å². The third-order valence-electron chi connectivity index (χ3n) is 13.0. The van der Waals surface area contributed by atoms with E-state index < -0.39 is 0 Å². The average Bonchev–Trinajstić information content (AvgIpc) is 3.97. The Bertz CT molecular complexity index is 3600. The molecule has 0 spiro atoms. The van der Waals surface area contributed by atoms with Crippen LogP contribution in [0.25, 0.3) is 84.1 Å². The van der Waals surface area contributed by atoms with Gasteiger partial charge in [0, 0.05) is 85.6 Å². The van der Waals surface area contributed by atoms with Crippen LogP contribution in [0.5, 0.6) is 0 Å². The molecule has 66 heavy (non-hydrogen) atoms. The topological polar surface area (TPSA) is 6.48 Å². The lowest BCUT2D eigenvalue weighted by molar-refractivity contribution is 1.29. The van der Waals surface area contributed by atoms with Gasteiger partial charge in [0.2, 0.25) is 0 Å². The molecule has 0 unspecified atom stereocenters. The Kier molecular flexibility index (Phi) is 9.26. The molecule has 310 valence electrons.